The molecule has 0 aromatic heterocycles. The van der Waals surface area contributed by atoms with Crippen molar-refractivity contribution in [2.24, 2.45) is 0 Å². The normalized spacial score (nSPS) is 20.1. The molecule has 2 aliphatic heterocycles. The molecule has 2 aliphatic rings. The Bertz CT molecular complexity index is 591. The molecule has 0 aromatic carbocycles. The summed E-state index contributed by atoms with van der Waals surface area (Å²) in [6.07, 6.45) is 34.5. The first-order valence-electron chi connectivity index (χ1n) is 18.2. The summed E-state index contributed by atoms with van der Waals surface area (Å²) in [7, 11) is 0. The average Bonchev–Trinajstić information content (AvgIpc) is 3.89. The fourth-order valence-corrected chi connectivity index (χ4v) is 5.92. The second-order valence-electron chi connectivity index (χ2n) is 12.9. The molecule has 7 heteroatoms. The first kappa shape index (κ1) is 43.4. The molecular formula is C36H66BaO6. The predicted molar refractivity (Wildman–Crippen MR) is 174 cm³/mol. The Morgan fingerprint density at radius 3 is 0.907 bits per heavy atom. The van der Waals surface area contributed by atoms with Gasteiger partial charge in [-0.1, -0.05) is 142 Å². The minimum Gasteiger partial charge on any atom is -0.550 e. The molecule has 248 valence electrons. The fourth-order valence-electron chi connectivity index (χ4n) is 5.92. The van der Waals surface area contributed by atoms with Crippen LogP contribution in [0.2, 0.25) is 0 Å². The molecule has 6 nitrogen and oxygen atoms in total. The molecule has 0 bridgehead atoms. The van der Waals surface area contributed by atoms with Crippen LogP contribution in [-0.4, -0.2) is 85.2 Å². The van der Waals surface area contributed by atoms with Crippen LogP contribution in [0.1, 0.15) is 194 Å². The van der Waals surface area contributed by atoms with Gasteiger partial charge in [-0.15, -0.1) is 0 Å². The van der Waals surface area contributed by atoms with Crippen molar-refractivity contribution in [3.63, 3.8) is 0 Å². The first-order chi connectivity index (χ1) is 20.5. The summed E-state index contributed by atoms with van der Waals surface area (Å²) in [6, 6.07) is 0. The van der Waals surface area contributed by atoms with Crippen LogP contribution in [-0.2, 0) is 19.1 Å². The van der Waals surface area contributed by atoms with Crippen molar-refractivity contribution in [1.82, 2.24) is 0 Å². The van der Waals surface area contributed by atoms with Crippen LogP contribution in [0.4, 0.5) is 0 Å². The smallest absolute Gasteiger partial charge is 0.550 e. The van der Waals surface area contributed by atoms with E-state index in [0.717, 1.165) is 38.5 Å². The molecular weight excluding hydrogens is 666 g/mol. The fraction of sp³-hybridized carbons (Fsp3) is 0.944. The zero-order chi connectivity index (χ0) is 30.7. The van der Waals surface area contributed by atoms with Crippen LogP contribution in [0.5, 0.6) is 0 Å². The predicted octanol–water partition coefficient (Wildman–Crippen LogP) is 7.59. The van der Waals surface area contributed by atoms with Gasteiger partial charge in [-0.3, -0.25) is 0 Å². The Labute approximate surface area is 305 Å². The Balaban J connectivity index is 0.000000802. The van der Waals surface area contributed by atoms with Crippen molar-refractivity contribution in [1.29, 1.82) is 0 Å². The van der Waals surface area contributed by atoms with Crippen molar-refractivity contribution < 1.29 is 29.3 Å². The molecule has 2 heterocycles. The third kappa shape index (κ3) is 29.6. The van der Waals surface area contributed by atoms with E-state index in [1.165, 1.54) is 128 Å². The van der Waals surface area contributed by atoms with Crippen molar-refractivity contribution in [3.05, 3.63) is 0 Å². The number of aliphatic carboxylic acids is 2. The van der Waals surface area contributed by atoms with Gasteiger partial charge in [0.15, 0.2) is 0 Å². The van der Waals surface area contributed by atoms with E-state index in [9.17, 15) is 19.8 Å². The van der Waals surface area contributed by atoms with Gasteiger partial charge < -0.3 is 29.3 Å². The van der Waals surface area contributed by atoms with Crippen molar-refractivity contribution >= 4 is 60.8 Å². The van der Waals surface area contributed by atoms with Crippen molar-refractivity contribution in [2.75, 3.05) is 0 Å². The van der Waals surface area contributed by atoms with Crippen LogP contribution in [0.3, 0.4) is 0 Å². The standard InChI is InChI=1S/2C18H34O3.Ba/c2*1-2-3-4-5-7-10-13-16-17(21-16)14-11-8-6-9-12-15-18(19)20;/h2*16-17H,2-15H2,1H3,(H,19,20);/q;;+2/p-2. The topological polar surface area (TPSA) is 105 Å². The van der Waals surface area contributed by atoms with E-state index in [1.807, 2.05) is 0 Å². The van der Waals surface area contributed by atoms with Gasteiger partial charge in [0.2, 0.25) is 0 Å². The molecule has 0 amide bonds. The summed E-state index contributed by atoms with van der Waals surface area (Å²) in [4.78, 5) is 20.5. The van der Waals surface area contributed by atoms with Crippen LogP contribution < -0.4 is 10.2 Å². The quantitative estimate of drug-likeness (QED) is 0.0429. The van der Waals surface area contributed by atoms with Crippen LogP contribution in [0.25, 0.3) is 0 Å². The molecule has 4 atom stereocenters. The van der Waals surface area contributed by atoms with Gasteiger partial charge in [0, 0.05) is 11.9 Å². The molecule has 4 unspecified atom stereocenters. The molecule has 2 saturated heterocycles. The summed E-state index contributed by atoms with van der Waals surface area (Å²) in [5.41, 5.74) is 0. The monoisotopic (exact) mass is 732 g/mol. The minimum absolute atomic E-state index is 0. The van der Waals surface area contributed by atoms with Gasteiger partial charge in [-0.25, -0.2) is 0 Å². The molecule has 0 saturated carbocycles. The second-order valence-corrected chi connectivity index (χ2v) is 12.9. The second kappa shape index (κ2) is 31.1. The minimum atomic E-state index is -0.918. The first-order valence-corrected chi connectivity index (χ1v) is 18.2. The summed E-state index contributed by atoms with van der Waals surface area (Å²) < 4.78 is 11.4. The van der Waals surface area contributed by atoms with Crippen LogP contribution >= 0.6 is 0 Å². The molecule has 0 N–H and O–H groups in total. The van der Waals surface area contributed by atoms with Crippen molar-refractivity contribution in [3.8, 4) is 0 Å². The number of carbonyl (C=O) groups excluding carboxylic acids is 2. The largest absolute Gasteiger partial charge is 2.00 e. The maximum atomic E-state index is 10.3. The third-order valence-corrected chi connectivity index (χ3v) is 8.80. The number of unbranched alkanes of at least 4 members (excludes halogenated alkanes) is 18. The van der Waals surface area contributed by atoms with E-state index >= 15 is 0 Å². The zero-order valence-electron chi connectivity index (χ0n) is 28.3. The van der Waals surface area contributed by atoms with E-state index in [4.69, 9.17) is 9.47 Å². The number of carboxylic acid groups (broad SMARTS) is 2. The Morgan fingerprint density at radius 1 is 0.419 bits per heavy atom. The van der Waals surface area contributed by atoms with E-state index in [1.54, 1.807) is 0 Å². The SMILES string of the molecule is CCCCCCCCC1OC1CCCCCCCC(=O)[O-].CCCCCCCCC1OC1CCCCCCCC(=O)[O-].[Ba+2]. The van der Waals surface area contributed by atoms with E-state index in [-0.39, 0.29) is 61.7 Å². The Kier molecular flexibility index (Phi) is 31.4. The molecule has 0 aliphatic carbocycles. The number of carboxylic acids is 2. The number of rotatable bonds is 30. The zero-order valence-corrected chi connectivity index (χ0v) is 32.7. The Morgan fingerprint density at radius 2 is 0.651 bits per heavy atom. The Hall–Kier alpha value is 0.431. The van der Waals surface area contributed by atoms with Crippen LogP contribution in [0, 0.1) is 0 Å². The number of hydrogen-bond acceptors (Lipinski definition) is 6. The van der Waals surface area contributed by atoms with E-state index < -0.39 is 11.9 Å². The van der Waals surface area contributed by atoms with Gasteiger partial charge in [-0.05, 0) is 51.4 Å². The molecule has 2 fully saturated rings. The van der Waals surface area contributed by atoms with Crippen LogP contribution in [0.15, 0.2) is 0 Å². The van der Waals surface area contributed by atoms with E-state index in [0.29, 0.717) is 24.4 Å². The summed E-state index contributed by atoms with van der Waals surface area (Å²) in [5, 5.41) is 20.5. The summed E-state index contributed by atoms with van der Waals surface area (Å²) in [6.45, 7) is 4.51. The maximum absolute atomic E-state index is 10.3. The van der Waals surface area contributed by atoms with Gasteiger partial charge in [0.25, 0.3) is 0 Å². The number of hydrogen-bond donors (Lipinski definition) is 0. The van der Waals surface area contributed by atoms with Gasteiger partial charge >= 0.3 is 48.9 Å². The third-order valence-electron chi connectivity index (χ3n) is 8.80. The number of carbonyl (C=O) groups is 2. The van der Waals surface area contributed by atoms with Crippen molar-refractivity contribution in [2.45, 2.75) is 218 Å². The maximum Gasteiger partial charge on any atom is 2.00 e. The molecule has 2 rings (SSSR count). The molecule has 0 aromatic rings. The summed E-state index contributed by atoms with van der Waals surface area (Å²) in [5.74, 6) is -1.84. The van der Waals surface area contributed by atoms with Gasteiger partial charge in [0.05, 0.1) is 24.4 Å². The van der Waals surface area contributed by atoms with Gasteiger partial charge in [-0.2, -0.15) is 0 Å². The van der Waals surface area contributed by atoms with E-state index in [2.05, 4.69) is 13.8 Å². The van der Waals surface area contributed by atoms with Gasteiger partial charge in [0.1, 0.15) is 0 Å². The molecule has 43 heavy (non-hydrogen) atoms. The molecule has 0 radical (unpaired) electrons. The number of epoxide rings is 2. The molecule has 0 spiro atoms. The average molecular weight is 732 g/mol. The summed E-state index contributed by atoms with van der Waals surface area (Å²) >= 11 is 0. The number of ether oxygens (including phenoxy) is 2.